The van der Waals surface area contributed by atoms with Crippen LogP contribution in [0.4, 0.5) is 0 Å². The zero-order valence-corrected chi connectivity index (χ0v) is 10.6. The van der Waals surface area contributed by atoms with Crippen molar-refractivity contribution in [3.05, 3.63) is 11.8 Å². The van der Waals surface area contributed by atoms with Gasteiger partial charge in [-0.05, 0) is 27.7 Å². The zero-order valence-electron chi connectivity index (χ0n) is 10.6. The molecule has 4 atom stereocenters. The third-order valence-corrected chi connectivity index (χ3v) is 3.04. The van der Waals surface area contributed by atoms with Gasteiger partial charge in [0.15, 0.2) is 11.6 Å². The van der Waals surface area contributed by atoms with Crippen LogP contribution in [0.3, 0.4) is 0 Å². The number of rotatable bonds is 1. The number of hydrogen-bond acceptors (Lipinski definition) is 5. The minimum Gasteiger partial charge on any atom is -0.384 e. The molecule has 2 heterocycles. The number of allylic oxidation sites excluding steroid dienone is 1. The lowest BCUT2D eigenvalue weighted by atomic mass is 9.94. The predicted molar refractivity (Wildman–Crippen MR) is 61.2 cm³/mol. The Morgan fingerprint density at radius 2 is 2.00 bits per heavy atom. The normalized spacial score (nSPS) is 42.1. The number of hydrogen-bond donors (Lipinski definition) is 2. The van der Waals surface area contributed by atoms with Crippen LogP contribution in [0.25, 0.3) is 0 Å². The Morgan fingerprint density at radius 3 is 2.59 bits per heavy atom. The van der Waals surface area contributed by atoms with Crippen LogP contribution in [0.1, 0.15) is 27.7 Å². The summed E-state index contributed by atoms with van der Waals surface area (Å²) < 4.78 is 11.4. The number of aliphatic hydroxyl groups is 1. The molecular weight excluding hydrogens is 222 g/mol. The number of nitrogens with one attached hydrogen (secondary N) is 1. The minimum absolute atomic E-state index is 0.00391. The second kappa shape index (κ2) is 4.08. The summed E-state index contributed by atoms with van der Waals surface area (Å²) in [5.74, 6) is -0.798. The Labute approximate surface area is 101 Å². The van der Waals surface area contributed by atoms with Crippen molar-refractivity contribution in [2.75, 3.05) is 0 Å². The fourth-order valence-corrected chi connectivity index (χ4v) is 2.40. The molecule has 2 N–H and O–H groups in total. The lowest BCUT2D eigenvalue weighted by Crippen LogP contribution is -2.55. The lowest BCUT2D eigenvalue weighted by Gasteiger charge is -2.36. The quantitative estimate of drug-likeness (QED) is 0.648. The first-order valence-corrected chi connectivity index (χ1v) is 5.82. The molecule has 0 amide bonds. The van der Waals surface area contributed by atoms with E-state index in [0.29, 0.717) is 5.70 Å². The third kappa shape index (κ3) is 2.36. The van der Waals surface area contributed by atoms with Crippen molar-refractivity contribution in [2.45, 2.75) is 57.8 Å². The van der Waals surface area contributed by atoms with E-state index in [1.807, 2.05) is 20.8 Å². The van der Waals surface area contributed by atoms with E-state index in [1.54, 1.807) is 0 Å². The molecule has 17 heavy (non-hydrogen) atoms. The Kier molecular flexibility index (Phi) is 3.01. The van der Waals surface area contributed by atoms with E-state index in [9.17, 15) is 9.90 Å². The van der Waals surface area contributed by atoms with Crippen molar-refractivity contribution < 1.29 is 19.4 Å². The number of aliphatic hydroxyl groups excluding tert-OH is 1. The van der Waals surface area contributed by atoms with E-state index < -0.39 is 18.0 Å². The molecule has 0 radical (unpaired) electrons. The maximum absolute atomic E-state index is 11.1. The van der Waals surface area contributed by atoms with Crippen LogP contribution in [0.5, 0.6) is 0 Å². The molecule has 0 spiro atoms. The standard InChI is InChI=1S/C12H19NO4/c1-6(14)5-8-9(15)11-10(7(2)13-8)16-12(3,4)17-11/h5,7,9-11,13,15H,1-4H3/b8-5-/t7-,9+,10+,11-/m0/s1. The van der Waals surface area contributed by atoms with E-state index in [-0.39, 0.29) is 17.9 Å². The summed E-state index contributed by atoms with van der Waals surface area (Å²) in [6, 6.07) is -0.00391. The molecular formula is C12H19NO4. The van der Waals surface area contributed by atoms with Gasteiger partial charge in [-0.1, -0.05) is 0 Å². The molecule has 2 aliphatic rings. The fraction of sp³-hybridized carbons (Fsp3) is 0.750. The van der Waals surface area contributed by atoms with Gasteiger partial charge in [-0.25, -0.2) is 0 Å². The highest BCUT2D eigenvalue weighted by Crippen LogP contribution is 2.35. The van der Waals surface area contributed by atoms with Gasteiger partial charge in [0.2, 0.25) is 0 Å². The van der Waals surface area contributed by atoms with Gasteiger partial charge >= 0.3 is 0 Å². The van der Waals surface area contributed by atoms with Gasteiger partial charge in [0.05, 0.1) is 6.04 Å². The lowest BCUT2D eigenvalue weighted by molar-refractivity contribution is -0.152. The number of ketones is 1. The second-order valence-corrected chi connectivity index (χ2v) is 5.15. The summed E-state index contributed by atoms with van der Waals surface area (Å²) >= 11 is 0. The first-order valence-electron chi connectivity index (χ1n) is 5.82. The molecule has 0 aromatic rings. The van der Waals surface area contributed by atoms with Gasteiger partial charge in [0, 0.05) is 11.8 Å². The summed E-state index contributed by atoms with van der Waals surface area (Å²) in [6.45, 7) is 7.04. The molecule has 96 valence electrons. The van der Waals surface area contributed by atoms with E-state index in [1.165, 1.54) is 13.0 Å². The second-order valence-electron chi connectivity index (χ2n) is 5.15. The van der Waals surface area contributed by atoms with Crippen molar-refractivity contribution in [1.82, 2.24) is 5.32 Å². The zero-order chi connectivity index (χ0) is 12.8. The average molecular weight is 241 g/mol. The minimum atomic E-state index is -0.845. The summed E-state index contributed by atoms with van der Waals surface area (Å²) in [5, 5.41) is 13.2. The molecule has 0 bridgehead atoms. The van der Waals surface area contributed by atoms with E-state index in [0.717, 1.165) is 0 Å². The summed E-state index contributed by atoms with van der Waals surface area (Å²) in [7, 11) is 0. The van der Waals surface area contributed by atoms with Crippen LogP contribution < -0.4 is 5.32 Å². The number of carbonyl (C=O) groups excluding carboxylic acids is 1. The molecule has 2 rings (SSSR count). The van der Waals surface area contributed by atoms with Crippen LogP contribution in [-0.2, 0) is 14.3 Å². The number of piperidine rings is 1. The Morgan fingerprint density at radius 1 is 1.41 bits per heavy atom. The number of fused-ring (bicyclic) bond motifs is 1. The highest BCUT2D eigenvalue weighted by Gasteiger charge is 2.51. The van der Waals surface area contributed by atoms with Crippen molar-refractivity contribution in [3.63, 3.8) is 0 Å². The maximum Gasteiger partial charge on any atom is 0.164 e. The molecule has 0 aromatic heterocycles. The molecule has 2 aliphatic heterocycles. The molecule has 5 nitrogen and oxygen atoms in total. The summed E-state index contributed by atoms with van der Waals surface area (Å²) in [4.78, 5) is 11.1. The molecule has 0 saturated carbocycles. The van der Waals surface area contributed by atoms with Crippen molar-refractivity contribution in [2.24, 2.45) is 0 Å². The van der Waals surface area contributed by atoms with Gasteiger partial charge in [0.25, 0.3) is 0 Å². The van der Waals surface area contributed by atoms with Crippen LogP contribution in [-0.4, -0.2) is 41.0 Å². The molecule has 0 aliphatic carbocycles. The van der Waals surface area contributed by atoms with Crippen molar-refractivity contribution in [1.29, 1.82) is 0 Å². The fourth-order valence-electron chi connectivity index (χ4n) is 2.40. The first kappa shape index (κ1) is 12.5. The van der Waals surface area contributed by atoms with Crippen molar-refractivity contribution in [3.8, 4) is 0 Å². The molecule has 0 aromatic carbocycles. The number of ether oxygens (including phenoxy) is 2. The van der Waals surface area contributed by atoms with Crippen LogP contribution >= 0.6 is 0 Å². The van der Waals surface area contributed by atoms with Crippen LogP contribution in [0.15, 0.2) is 11.8 Å². The summed E-state index contributed by atoms with van der Waals surface area (Å²) in [6.07, 6.45) is -0.0654. The Bertz CT molecular complexity index is 364. The average Bonchev–Trinajstić information content (AvgIpc) is 2.50. The highest BCUT2D eigenvalue weighted by molar-refractivity contribution is 5.88. The van der Waals surface area contributed by atoms with Gasteiger partial charge in [-0.2, -0.15) is 0 Å². The van der Waals surface area contributed by atoms with E-state index in [4.69, 9.17) is 9.47 Å². The van der Waals surface area contributed by atoms with Crippen molar-refractivity contribution >= 4 is 5.78 Å². The van der Waals surface area contributed by atoms with Gasteiger partial charge < -0.3 is 19.9 Å². The van der Waals surface area contributed by atoms with Gasteiger partial charge in [-0.15, -0.1) is 0 Å². The van der Waals surface area contributed by atoms with E-state index in [2.05, 4.69) is 5.32 Å². The van der Waals surface area contributed by atoms with E-state index >= 15 is 0 Å². The monoisotopic (exact) mass is 241 g/mol. The van der Waals surface area contributed by atoms with Crippen LogP contribution in [0.2, 0.25) is 0 Å². The smallest absolute Gasteiger partial charge is 0.164 e. The first-order chi connectivity index (χ1) is 7.80. The Balaban J connectivity index is 2.24. The molecule has 2 fully saturated rings. The summed E-state index contributed by atoms with van der Waals surface area (Å²) in [5.41, 5.74) is 0.507. The van der Waals surface area contributed by atoms with Crippen LogP contribution in [0, 0.1) is 0 Å². The topological polar surface area (TPSA) is 67.8 Å². The molecule has 5 heteroatoms. The molecule has 0 unspecified atom stereocenters. The largest absolute Gasteiger partial charge is 0.384 e. The third-order valence-electron chi connectivity index (χ3n) is 3.04. The molecule has 2 saturated heterocycles. The van der Waals surface area contributed by atoms with Gasteiger partial charge in [0.1, 0.15) is 18.3 Å². The maximum atomic E-state index is 11.1. The SMILES string of the molecule is CC(=O)/C=C1\N[C@@H](C)[C@H]2OC(C)(C)O[C@H]2[C@@H]1O. The Hall–Kier alpha value is -0.910. The number of carbonyl (C=O) groups is 1. The predicted octanol–water partition coefficient (Wildman–Crippen LogP) is 0.332. The van der Waals surface area contributed by atoms with Gasteiger partial charge in [-0.3, -0.25) is 4.79 Å². The highest BCUT2D eigenvalue weighted by atomic mass is 16.8.